The van der Waals surface area contributed by atoms with Crippen molar-refractivity contribution in [3.8, 4) is 16.9 Å². The zero-order valence-electron chi connectivity index (χ0n) is 13.5. The number of aliphatic hydroxyl groups excluding tert-OH is 1. The lowest BCUT2D eigenvalue weighted by atomic mass is 10.00. The molecule has 0 amide bonds. The highest BCUT2D eigenvalue weighted by Gasteiger charge is 2.19. The maximum Gasteiger partial charge on any atom is 0.265 e. The standard InChI is InChI=1S/C19H21F2NO2/c1-12-8-16-9-15(6-7-18(16)24-12)14-4-2-13(3-5-14)10-22-11-17(23)19(20)21/h2-7,9,12,17,19,22-23H,8,10-11H2,1H3. The molecule has 1 heterocycles. The van der Waals surface area contributed by atoms with E-state index in [2.05, 4.69) is 18.3 Å². The molecule has 2 aromatic rings. The van der Waals surface area contributed by atoms with E-state index in [-0.39, 0.29) is 12.6 Å². The monoisotopic (exact) mass is 333 g/mol. The number of ether oxygens (including phenoxy) is 1. The van der Waals surface area contributed by atoms with E-state index >= 15 is 0 Å². The molecule has 0 aliphatic carbocycles. The van der Waals surface area contributed by atoms with Crippen LogP contribution in [0.4, 0.5) is 8.78 Å². The number of aliphatic hydroxyl groups is 1. The molecular formula is C19H21F2NO2. The van der Waals surface area contributed by atoms with Gasteiger partial charge in [0, 0.05) is 19.5 Å². The number of hydrogen-bond donors (Lipinski definition) is 2. The Balaban J connectivity index is 1.62. The van der Waals surface area contributed by atoms with E-state index in [4.69, 9.17) is 9.84 Å². The van der Waals surface area contributed by atoms with Gasteiger partial charge < -0.3 is 15.2 Å². The van der Waals surface area contributed by atoms with Crippen LogP contribution in [0.3, 0.4) is 0 Å². The zero-order valence-corrected chi connectivity index (χ0v) is 13.5. The third kappa shape index (κ3) is 3.91. The van der Waals surface area contributed by atoms with Gasteiger partial charge in [-0.2, -0.15) is 0 Å². The quantitative estimate of drug-likeness (QED) is 0.851. The van der Waals surface area contributed by atoms with Gasteiger partial charge in [-0.15, -0.1) is 0 Å². The van der Waals surface area contributed by atoms with Gasteiger partial charge in [-0.25, -0.2) is 8.78 Å². The molecule has 2 atom stereocenters. The maximum absolute atomic E-state index is 12.2. The minimum absolute atomic E-state index is 0.123. The fraction of sp³-hybridized carbons (Fsp3) is 0.368. The normalized spacial score (nSPS) is 17.6. The lowest BCUT2D eigenvalue weighted by Crippen LogP contribution is -2.31. The first-order valence-corrected chi connectivity index (χ1v) is 8.09. The highest BCUT2D eigenvalue weighted by Crippen LogP contribution is 2.32. The molecule has 2 unspecified atom stereocenters. The van der Waals surface area contributed by atoms with Gasteiger partial charge in [0.15, 0.2) is 0 Å². The van der Waals surface area contributed by atoms with Gasteiger partial charge in [-0.1, -0.05) is 30.3 Å². The van der Waals surface area contributed by atoms with Crippen molar-refractivity contribution in [1.29, 1.82) is 0 Å². The van der Waals surface area contributed by atoms with Crippen molar-refractivity contribution in [2.75, 3.05) is 6.54 Å². The van der Waals surface area contributed by atoms with E-state index in [9.17, 15) is 8.78 Å². The highest BCUT2D eigenvalue weighted by molar-refractivity contribution is 5.66. The van der Waals surface area contributed by atoms with Gasteiger partial charge in [-0.3, -0.25) is 0 Å². The van der Waals surface area contributed by atoms with Crippen LogP contribution in [0.25, 0.3) is 11.1 Å². The van der Waals surface area contributed by atoms with Crippen molar-refractivity contribution in [2.45, 2.75) is 38.5 Å². The first kappa shape index (κ1) is 16.9. The average molecular weight is 333 g/mol. The SMILES string of the molecule is CC1Cc2cc(-c3ccc(CNCC(O)C(F)F)cc3)ccc2O1. The summed E-state index contributed by atoms with van der Waals surface area (Å²) in [7, 11) is 0. The topological polar surface area (TPSA) is 41.5 Å². The highest BCUT2D eigenvalue weighted by atomic mass is 19.3. The molecule has 3 rings (SSSR count). The summed E-state index contributed by atoms with van der Waals surface area (Å²) in [4.78, 5) is 0. The summed E-state index contributed by atoms with van der Waals surface area (Å²) < 4.78 is 30.1. The zero-order chi connectivity index (χ0) is 17.1. The molecule has 5 heteroatoms. The number of alkyl halides is 2. The van der Waals surface area contributed by atoms with Gasteiger partial charge >= 0.3 is 0 Å². The fourth-order valence-electron chi connectivity index (χ4n) is 2.87. The van der Waals surface area contributed by atoms with Crippen molar-refractivity contribution in [1.82, 2.24) is 5.32 Å². The summed E-state index contributed by atoms with van der Waals surface area (Å²) in [6.45, 7) is 2.38. The number of rotatable bonds is 6. The molecule has 0 spiro atoms. The molecule has 0 saturated carbocycles. The van der Waals surface area contributed by atoms with Gasteiger partial charge in [-0.05, 0) is 41.3 Å². The molecule has 24 heavy (non-hydrogen) atoms. The van der Waals surface area contributed by atoms with E-state index in [1.165, 1.54) is 5.56 Å². The lowest BCUT2D eigenvalue weighted by molar-refractivity contribution is -0.00340. The predicted molar refractivity (Wildman–Crippen MR) is 89.4 cm³/mol. The molecule has 0 bridgehead atoms. The Morgan fingerprint density at radius 3 is 2.58 bits per heavy atom. The molecule has 0 radical (unpaired) electrons. The Labute approximate surface area is 140 Å². The molecule has 1 aliphatic rings. The minimum Gasteiger partial charge on any atom is -0.490 e. The van der Waals surface area contributed by atoms with E-state index in [0.717, 1.165) is 28.9 Å². The summed E-state index contributed by atoms with van der Waals surface area (Å²) in [6, 6.07) is 14.2. The first-order chi connectivity index (χ1) is 11.5. The third-order valence-corrected chi connectivity index (χ3v) is 4.16. The number of benzene rings is 2. The van der Waals surface area contributed by atoms with Crippen molar-refractivity contribution in [3.05, 3.63) is 53.6 Å². The van der Waals surface area contributed by atoms with Crippen LogP contribution in [0.1, 0.15) is 18.1 Å². The van der Waals surface area contributed by atoms with Gasteiger partial charge in [0.05, 0.1) is 0 Å². The van der Waals surface area contributed by atoms with Crippen molar-refractivity contribution >= 4 is 0 Å². The third-order valence-electron chi connectivity index (χ3n) is 4.16. The first-order valence-electron chi connectivity index (χ1n) is 8.09. The van der Waals surface area contributed by atoms with Crippen LogP contribution >= 0.6 is 0 Å². The smallest absolute Gasteiger partial charge is 0.265 e. The maximum atomic E-state index is 12.2. The van der Waals surface area contributed by atoms with Crippen LogP contribution in [-0.4, -0.2) is 30.3 Å². The Hall–Kier alpha value is -1.98. The molecule has 2 aromatic carbocycles. The van der Waals surface area contributed by atoms with Crippen molar-refractivity contribution in [3.63, 3.8) is 0 Å². The average Bonchev–Trinajstić information content (AvgIpc) is 2.94. The van der Waals surface area contributed by atoms with Crippen LogP contribution in [0.2, 0.25) is 0 Å². The summed E-state index contributed by atoms with van der Waals surface area (Å²) in [6.07, 6.45) is -3.18. The van der Waals surface area contributed by atoms with E-state index in [1.807, 2.05) is 36.4 Å². The lowest BCUT2D eigenvalue weighted by Gasteiger charge is -2.11. The number of fused-ring (bicyclic) bond motifs is 1. The van der Waals surface area contributed by atoms with Crippen LogP contribution in [0.15, 0.2) is 42.5 Å². The summed E-state index contributed by atoms with van der Waals surface area (Å²) in [5, 5.41) is 11.9. The van der Waals surface area contributed by atoms with Crippen molar-refractivity contribution in [2.24, 2.45) is 0 Å². The van der Waals surface area contributed by atoms with E-state index in [1.54, 1.807) is 0 Å². The van der Waals surface area contributed by atoms with Crippen LogP contribution in [-0.2, 0) is 13.0 Å². The molecule has 3 nitrogen and oxygen atoms in total. The number of nitrogens with one attached hydrogen (secondary N) is 1. The Bertz CT molecular complexity index is 688. The molecule has 0 fully saturated rings. The van der Waals surface area contributed by atoms with Crippen LogP contribution in [0, 0.1) is 0 Å². The summed E-state index contributed by atoms with van der Waals surface area (Å²) in [5.74, 6) is 0.963. The summed E-state index contributed by atoms with van der Waals surface area (Å²) in [5.41, 5.74) is 4.46. The number of hydrogen-bond acceptors (Lipinski definition) is 3. The molecule has 2 N–H and O–H groups in total. The number of halogens is 2. The molecule has 1 aliphatic heterocycles. The summed E-state index contributed by atoms with van der Waals surface area (Å²) >= 11 is 0. The van der Waals surface area contributed by atoms with Crippen molar-refractivity contribution < 1.29 is 18.6 Å². The fourth-order valence-corrected chi connectivity index (χ4v) is 2.87. The van der Waals surface area contributed by atoms with Crippen LogP contribution < -0.4 is 10.1 Å². The molecule has 0 aromatic heterocycles. The van der Waals surface area contributed by atoms with Gasteiger partial charge in [0.1, 0.15) is 18.0 Å². The molecule has 128 valence electrons. The second-order valence-electron chi connectivity index (χ2n) is 6.18. The van der Waals surface area contributed by atoms with Gasteiger partial charge in [0.25, 0.3) is 6.43 Å². The molecular weight excluding hydrogens is 312 g/mol. The Morgan fingerprint density at radius 2 is 1.88 bits per heavy atom. The Morgan fingerprint density at radius 1 is 1.17 bits per heavy atom. The van der Waals surface area contributed by atoms with Gasteiger partial charge in [0.2, 0.25) is 0 Å². The predicted octanol–water partition coefficient (Wildman–Crippen LogP) is 3.39. The second-order valence-corrected chi connectivity index (χ2v) is 6.18. The largest absolute Gasteiger partial charge is 0.490 e. The van der Waals surface area contributed by atoms with E-state index in [0.29, 0.717) is 6.54 Å². The van der Waals surface area contributed by atoms with E-state index < -0.39 is 12.5 Å². The second kappa shape index (κ2) is 7.28. The minimum atomic E-state index is -2.72. The van der Waals surface area contributed by atoms with Crippen LogP contribution in [0.5, 0.6) is 5.75 Å². The molecule has 0 saturated heterocycles. The Kier molecular flexibility index (Phi) is 5.11.